The molecule has 3 rings (SSSR count). The summed E-state index contributed by atoms with van der Waals surface area (Å²) in [6, 6.07) is 9.08. The fourth-order valence-electron chi connectivity index (χ4n) is 3.24. The molecular formula is C25H28N2. The van der Waals surface area contributed by atoms with E-state index in [-0.39, 0.29) is 6.04 Å². The van der Waals surface area contributed by atoms with Crippen LogP contribution in [0.15, 0.2) is 104 Å². The predicted octanol–water partition coefficient (Wildman–Crippen LogP) is 5.74. The molecule has 1 heterocycles. The molecule has 2 N–H and O–H groups in total. The van der Waals surface area contributed by atoms with Crippen LogP contribution in [0.1, 0.15) is 36.8 Å². The second kappa shape index (κ2) is 9.09. The molecule has 2 nitrogen and oxygen atoms in total. The van der Waals surface area contributed by atoms with Crippen LogP contribution < -0.4 is 10.6 Å². The molecule has 1 aliphatic carbocycles. The highest BCUT2D eigenvalue weighted by Crippen LogP contribution is 2.40. The number of hydrogen-bond acceptors (Lipinski definition) is 2. The lowest BCUT2D eigenvalue weighted by atomic mass is 9.93. The third-order valence-corrected chi connectivity index (χ3v) is 4.90. The number of allylic oxidation sites excluding steroid dienone is 7. The molecule has 2 aliphatic rings. The molecule has 1 aromatic carbocycles. The summed E-state index contributed by atoms with van der Waals surface area (Å²) >= 11 is 0. The van der Waals surface area contributed by atoms with Gasteiger partial charge in [-0.25, -0.2) is 0 Å². The van der Waals surface area contributed by atoms with E-state index in [0.29, 0.717) is 0 Å². The summed E-state index contributed by atoms with van der Waals surface area (Å²) in [5.74, 6) is 1.72. The van der Waals surface area contributed by atoms with Gasteiger partial charge in [0.15, 0.2) is 0 Å². The molecule has 0 spiro atoms. The van der Waals surface area contributed by atoms with Crippen LogP contribution in [0, 0.1) is 0 Å². The Kier molecular flexibility index (Phi) is 6.32. The lowest BCUT2D eigenvalue weighted by Crippen LogP contribution is -2.37. The van der Waals surface area contributed by atoms with E-state index < -0.39 is 0 Å². The van der Waals surface area contributed by atoms with E-state index in [9.17, 15) is 0 Å². The van der Waals surface area contributed by atoms with Gasteiger partial charge < -0.3 is 10.6 Å². The topological polar surface area (TPSA) is 24.1 Å². The maximum Gasteiger partial charge on any atom is 0.103 e. The first-order valence-electron chi connectivity index (χ1n) is 9.52. The Morgan fingerprint density at radius 2 is 1.93 bits per heavy atom. The van der Waals surface area contributed by atoms with Gasteiger partial charge in [0.1, 0.15) is 5.82 Å². The van der Waals surface area contributed by atoms with E-state index in [1.54, 1.807) is 6.08 Å². The van der Waals surface area contributed by atoms with Gasteiger partial charge in [0, 0.05) is 6.20 Å². The molecule has 2 heteroatoms. The minimum atomic E-state index is 0.0930. The molecule has 0 aromatic heterocycles. The van der Waals surface area contributed by atoms with Crippen LogP contribution in [0.2, 0.25) is 0 Å². The molecule has 138 valence electrons. The van der Waals surface area contributed by atoms with Crippen molar-refractivity contribution in [3.63, 3.8) is 0 Å². The van der Waals surface area contributed by atoms with Gasteiger partial charge in [-0.15, -0.1) is 0 Å². The first-order chi connectivity index (χ1) is 13.2. The third kappa shape index (κ3) is 5.01. The standard InChI is InChI=1S/C25H28N2/c1-4-6-8-13-25-26-17-16-24(27-25)23(12-7-5-2)19(3)21-10-9-11-22(18-21)20-14-15-20/h4-13,16-18,20,24,26-27H,1-2,14-15H2,3H3/b8-6+,12-7-,23-19-,25-13+. The Morgan fingerprint density at radius 3 is 2.67 bits per heavy atom. The monoisotopic (exact) mass is 356 g/mol. The SMILES string of the molecule is C=C/C=C\C(=C(/C)c1cccc(C2CC2)c1)C1C=CN/C(=C\C=C\C=C)N1. The van der Waals surface area contributed by atoms with Crippen LogP contribution in [0.4, 0.5) is 0 Å². The van der Waals surface area contributed by atoms with Crippen molar-refractivity contribution in [2.75, 3.05) is 0 Å². The van der Waals surface area contributed by atoms with E-state index in [1.165, 1.54) is 35.1 Å². The summed E-state index contributed by atoms with van der Waals surface area (Å²) in [6.07, 6.45) is 20.4. The Hall–Kier alpha value is -3.00. The molecule has 0 amide bonds. The van der Waals surface area contributed by atoms with Crippen LogP contribution in [0.3, 0.4) is 0 Å². The predicted molar refractivity (Wildman–Crippen MR) is 117 cm³/mol. The van der Waals surface area contributed by atoms with Gasteiger partial charge in [-0.1, -0.05) is 73.9 Å². The van der Waals surface area contributed by atoms with E-state index in [2.05, 4.69) is 67.1 Å². The smallest absolute Gasteiger partial charge is 0.103 e. The Morgan fingerprint density at radius 1 is 1.11 bits per heavy atom. The maximum atomic E-state index is 3.83. The van der Waals surface area contributed by atoms with Gasteiger partial charge in [0.05, 0.1) is 6.04 Å². The van der Waals surface area contributed by atoms with Gasteiger partial charge in [-0.2, -0.15) is 0 Å². The van der Waals surface area contributed by atoms with Crippen molar-refractivity contribution in [3.05, 3.63) is 115 Å². The highest BCUT2D eigenvalue weighted by molar-refractivity contribution is 5.72. The summed E-state index contributed by atoms with van der Waals surface area (Å²) in [5.41, 5.74) is 5.26. The fraction of sp³-hybridized carbons (Fsp3) is 0.200. The number of hydrogen-bond donors (Lipinski definition) is 2. The Labute approximate surface area is 163 Å². The van der Waals surface area contributed by atoms with Crippen LogP contribution in [0.25, 0.3) is 5.57 Å². The van der Waals surface area contributed by atoms with Crippen molar-refractivity contribution >= 4 is 5.57 Å². The van der Waals surface area contributed by atoms with Crippen molar-refractivity contribution in [2.45, 2.75) is 31.7 Å². The van der Waals surface area contributed by atoms with Crippen LogP contribution in [-0.4, -0.2) is 6.04 Å². The molecule has 0 saturated heterocycles. The van der Waals surface area contributed by atoms with E-state index in [0.717, 1.165) is 11.7 Å². The minimum absolute atomic E-state index is 0.0930. The quantitative estimate of drug-likeness (QED) is 0.609. The van der Waals surface area contributed by atoms with Crippen molar-refractivity contribution < 1.29 is 0 Å². The van der Waals surface area contributed by atoms with E-state index >= 15 is 0 Å². The molecule has 1 saturated carbocycles. The summed E-state index contributed by atoms with van der Waals surface area (Å²) in [6.45, 7) is 9.74. The minimum Gasteiger partial charge on any atom is -0.361 e. The maximum absolute atomic E-state index is 3.83. The van der Waals surface area contributed by atoms with Gasteiger partial charge in [-0.3, -0.25) is 0 Å². The number of rotatable bonds is 7. The van der Waals surface area contributed by atoms with Gasteiger partial charge in [-0.05, 0) is 60.1 Å². The largest absolute Gasteiger partial charge is 0.361 e. The van der Waals surface area contributed by atoms with Gasteiger partial charge >= 0.3 is 0 Å². The third-order valence-electron chi connectivity index (χ3n) is 4.90. The molecule has 1 unspecified atom stereocenters. The van der Waals surface area contributed by atoms with Gasteiger partial charge in [0.25, 0.3) is 0 Å². The van der Waals surface area contributed by atoms with Crippen molar-refractivity contribution in [1.82, 2.24) is 10.6 Å². The van der Waals surface area contributed by atoms with Crippen molar-refractivity contribution in [1.29, 1.82) is 0 Å². The lowest BCUT2D eigenvalue weighted by Gasteiger charge is -2.26. The second-order valence-electron chi connectivity index (χ2n) is 6.90. The van der Waals surface area contributed by atoms with E-state index in [1.807, 2.05) is 36.6 Å². The Balaban J connectivity index is 1.94. The molecule has 27 heavy (non-hydrogen) atoms. The van der Waals surface area contributed by atoms with Crippen molar-refractivity contribution in [3.8, 4) is 0 Å². The highest BCUT2D eigenvalue weighted by atomic mass is 15.1. The average Bonchev–Trinajstić information content (AvgIpc) is 3.54. The first-order valence-corrected chi connectivity index (χ1v) is 9.52. The molecule has 0 bridgehead atoms. The van der Waals surface area contributed by atoms with Crippen molar-refractivity contribution in [2.24, 2.45) is 0 Å². The van der Waals surface area contributed by atoms with Gasteiger partial charge in [0.2, 0.25) is 0 Å². The zero-order valence-electron chi connectivity index (χ0n) is 16.0. The van der Waals surface area contributed by atoms with Crippen LogP contribution >= 0.6 is 0 Å². The highest BCUT2D eigenvalue weighted by Gasteiger charge is 2.24. The second-order valence-corrected chi connectivity index (χ2v) is 6.90. The van der Waals surface area contributed by atoms with Crippen LogP contribution in [-0.2, 0) is 0 Å². The molecular weight excluding hydrogens is 328 g/mol. The van der Waals surface area contributed by atoms with E-state index in [4.69, 9.17) is 0 Å². The number of benzene rings is 1. The molecule has 0 radical (unpaired) electrons. The molecule has 1 atom stereocenters. The molecule has 1 aromatic rings. The summed E-state index contributed by atoms with van der Waals surface area (Å²) in [4.78, 5) is 0. The first kappa shape index (κ1) is 18.8. The number of nitrogens with one attached hydrogen (secondary N) is 2. The summed E-state index contributed by atoms with van der Waals surface area (Å²) in [7, 11) is 0. The fourth-order valence-corrected chi connectivity index (χ4v) is 3.24. The Bertz CT molecular complexity index is 845. The zero-order valence-corrected chi connectivity index (χ0v) is 16.0. The lowest BCUT2D eigenvalue weighted by molar-refractivity contribution is 0.686. The summed E-state index contributed by atoms with van der Waals surface area (Å²) < 4.78 is 0. The summed E-state index contributed by atoms with van der Waals surface area (Å²) in [5, 5.41) is 6.80. The normalized spacial score (nSPS) is 21.8. The average molecular weight is 357 g/mol. The molecule has 1 fully saturated rings. The van der Waals surface area contributed by atoms with Crippen LogP contribution in [0.5, 0.6) is 0 Å². The zero-order chi connectivity index (χ0) is 19.1. The molecule has 1 aliphatic heterocycles.